The Hall–Kier alpha value is -1.47. The number of thiazole rings is 1. The van der Waals surface area contributed by atoms with Gasteiger partial charge in [0, 0.05) is 31.0 Å². The van der Waals surface area contributed by atoms with E-state index in [2.05, 4.69) is 33.1 Å². The van der Waals surface area contributed by atoms with E-state index in [4.69, 9.17) is 4.74 Å². The molecule has 1 saturated heterocycles. The number of carbonyl (C=O) groups excluding carboxylic acids is 1. The third-order valence-corrected chi connectivity index (χ3v) is 5.40. The summed E-state index contributed by atoms with van der Waals surface area (Å²) in [6.45, 7) is 2.21. The Labute approximate surface area is 158 Å². The molecular formula is C18H24ClN3O2S. The molecule has 0 atom stereocenters. The van der Waals surface area contributed by atoms with E-state index >= 15 is 0 Å². The molecule has 0 spiro atoms. The van der Waals surface area contributed by atoms with Crippen molar-refractivity contribution in [3.05, 3.63) is 41.4 Å². The Morgan fingerprint density at radius 1 is 1.32 bits per heavy atom. The summed E-state index contributed by atoms with van der Waals surface area (Å²) >= 11 is 1.64. The first-order chi connectivity index (χ1) is 11.7. The van der Waals surface area contributed by atoms with Crippen LogP contribution < -0.4 is 10.6 Å². The largest absolute Gasteiger partial charge is 0.368 e. The molecule has 1 aromatic carbocycles. The molecule has 0 bridgehead atoms. The van der Waals surface area contributed by atoms with Gasteiger partial charge in [0.2, 0.25) is 0 Å². The number of carbonyl (C=O) groups is 1. The number of methoxy groups -OCH3 is 1. The van der Waals surface area contributed by atoms with Gasteiger partial charge in [-0.2, -0.15) is 0 Å². The van der Waals surface area contributed by atoms with Gasteiger partial charge in [0.25, 0.3) is 5.91 Å². The van der Waals surface area contributed by atoms with E-state index in [-0.39, 0.29) is 18.3 Å². The summed E-state index contributed by atoms with van der Waals surface area (Å²) in [6.07, 6.45) is 2.15. The molecule has 5 nitrogen and oxygen atoms in total. The van der Waals surface area contributed by atoms with Gasteiger partial charge in [0.1, 0.15) is 10.6 Å². The number of aromatic nitrogens is 1. The first-order valence-electron chi connectivity index (χ1n) is 8.27. The molecule has 1 aliphatic rings. The first-order valence-corrected chi connectivity index (χ1v) is 9.15. The summed E-state index contributed by atoms with van der Waals surface area (Å²) in [5.74, 6) is -0.00925. The van der Waals surface area contributed by atoms with E-state index in [1.807, 2.05) is 18.2 Å². The maximum absolute atomic E-state index is 12.5. The fraction of sp³-hybridized carbons (Fsp3) is 0.444. The van der Waals surface area contributed by atoms with Crippen molar-refractivity contribution in [3.8, 4) is 10.6 Å². The number of hydrogen-bond acceptors (Lipinski definition) is 5. The fourth-order valence-electron chi connectivity index (χ4n) is 2.95. The van der Waals surface area contributed by atoms with Crippen LogP contribution in [-0.4, -0.2) is 43.2 Å². The third kappa shape index (κ3) is 4.79. The molecule has 1 amide bonds. The normalized spacial score (nSPS) is 16.0. The molecule has 0 unspecified atom stereocenters. The Bertz CT molecular complexity index is 672. The lowest BCUT2D eigenvalue weighted by atomic mass is 9.91. The molecule has 0 radical (unpaired) electrons. The molecule has 1 aromatic heterocycles. The monoisotopic (exact) mass is 381 g/mol. The SMILES string of the molecule is COC1(C(=O)NCCc2csc(-c3ccccc3)n2)CCNCC1.Cl. The molecule has 0 saturated carbocycles. The minimum absolute atomic E-state index is 0. The smallest absolute Gasteiger partial charge is 0.252 e. The number of nitrogens with zero attached hydrogens (tertiary/aromatic N) is 1. The molecule has 3 rings (SSSR count). The standard InChI is InChI=1S/C18H23N3O2S.ClH/c1-23-18(8-11-19-12-9-18)17(22)20-10-7-15-13-24-16(21-15)14-5-3-2-4-6-14;/h2-6,13,19H,7-12H2,1H3,(H,20,22);1H. The second kappa shape index (κ2) is 9.29. The summed E-state index contributed by atoms with van der Waals surface area (Å²) in [5, 5.41) is 9.35. The van der Waals surface area contributed by atoms with Gasteiger partial charge < -0.3 is 15.4 Å². The van der Waals surface area contributed by atoms with Crippen molar-refractivity contribution in [3.63, 3.8) is 0 Å². The molecule has 1 aliphatic heterocycles. The van der Waals surface area contributed by atoms with E-state index in [0.717, 1.165) is 35.8 Å². The molecule has 1 fully saturated rings. The van der Waals surface area contributed by atoms with Crippen molar-refractivity contribution in [1.29, 1.82) is 0 Å². The average molecular weight is 382 g/mol. The number of benzene rings is 1. The minimum Gasteiger partial charge on any atom is -0.368 e. The van der Waals surface area contributed by atoms with Crippen LogP contribution >= 0.6 is 23.7 Å². The lowest BCUT2D eigenvalue weighted by Crippen LogP contribution is -2.54. The van der Waals surface area contributed by atoms with Crippen LogP contribution in [0.5, 0.6) is 0 Å². The van der Waals surface area contributed by atoms with E-state index < -0.39 is 5.60 Å². The van der Waals surface area contributed by atoms with Crippen molar-refractivity contribution < 1.29 is 9.53 Å². The highest BCUT2D eigenvalue weighted by atomic mass is 35.5. The van der Waals surface area contributed by atoms with Crippen LogP contribution in [0.3, 0.4) is 0 Å². The van der Waals surface area contributed by atoms with Crippen LogP contribution in [0, 0.1) is 0 Å². The van der Waals surface area contributed by atoms with E-state index in [1.165, 1.54) is 0 Å². The number of rotatable bonds is 6. The molecule has 2 N–H and O–H groups in total. The maximum atomic E-state index is 12.5. The number of nitrogens with one attached hydrogen (secondary N) is 2. The summed E-state index contributed by atoms with van der Waals surface area (Å²) < 4.78 is 5.54. The van der Waals surface area contributed by atoms with Crippen molar-refractivity contribution in [2.75, 3.05) is 26.7 Å². The Kier molecular flexibility index (Phi) is 7.38. The van der Waals surface area contributed by atoms with Crippen LogP contribution in [0.4, 0.5) is 0 Å². The zero-order valence-electron chi connectivity index (χ0n) is 14.3. The summed E-state index contributed by atoms with van der Waals surface area (Å²) in [4.78, 5) is 17.1. The lowest BCUT2D eigenvalue weighted by Gasteiger charge is -2.34. The highest BCUT2D eigenvalue weighted by molar-refractivity contribution is 7.13. The minimum atomic E-state index is -0.678. The molecule has 2 heterocycles. The number of ether oxygens (including phenoxy) is 1. The molecule has 0 aliphatic carbocycles. The van der Waals surface area contributed by atoms with Crippen molar-refractivity contribution in [2.24, 2.45) is 0 Å². The zero-order valence-corrected chi connectivity index (χ0v) is 15.9. The Morgan fingerprint density at radius 2 is 2.04 bits per heavy atom. The number of amides is 1. The predicted molar refractivity (Wildman–Crippen MR) is 103 cm³/mol. The van der Waals surface area contributed by atoms with Crippen LogP contribution in [0.15, 0.2) is 35.7 Å². The molecule has 2 aromatic rings. The van der Waals surface area contributed by atoms with Gasteiger partial charge >= 0.3 is 0 Å². The maximum Gasteiger partial charge on any atom is 0.252 e. The second-order valence-corrected chi connectivity index (χ2v) is 6.82. The van der Waals surface area contributed by atoms with E-state index in [9.17, 15) is 4.79 Å². The first kappa shape index (κ1) is 19.8. The van der Waals surface area contributed by atoms with Crippen molar-refractivity contribution >= 4 is 29.7 Å². The van der Waals surface area contributed by atoms with Gasteiger partial charge in [-0.3, -0.25) is 4.79 Å². The average Bonchev–Trinajstić information content (AvgIpc) is 3.12. The number of halogens is 1. The molecular weight excluding hydrogens is 358 g/mol. The number of hydrogen-bond donors (Lipinski definition) is 2. The van der Waals surface area contributed by atoms with Crippen LogP contribution in [0.2, 0.25) is 0 Å². The summed E-state index contributed by atoms with van der Waals surface area (Å²) in [5.41, 5.74) is 1.46. The zero-order chi connectivity index (χ0) is 16.8. The molecule has 25 heavy (non-hydrogen) atoms. The van der Waals surface area contributed by atoms with Crippen LogP contribution in [0.25, 0.3) is 10.6 Å². The predicted octanol–water partition coefficient (Wildman–Crippen LogP) is 2.66. The second-order valence-electron chi connectivity index (χ2n) is 5.96. The van der Waals surface area contributed by atoms with Gasteiger partial charge in [-0.25, -0.2) is 4.98 Å². The molecule has 7 heteroatoms. The number of piperidine rings is 1. The van der Waals surface area contributed by atoms with Crippen molar-refractivity contribution in [1.82, 2.24) is 15.6 Å². The Morgan fingerprint density at radius 3 is 2.72 bits per heavy atom. The van der Waals surface area contributed by atoms with Gasteiger partial charge in [0.15, 0.2) is 0 Å². The van der Waals surface area contributed by atoms with Gasteiger partial charge in [0.05, 0.1) is 5.69 Å². The quantitative estimate of drug-likeness (QED) is 0.807. The summed E-state index contributed by atoms with van der Waals surface area (Å²) in [6, 6.07) is 10.1. The van der Waals surface area contributed by atoms with Crippen LogP contribution in [-0.2, 0) is 16.0 Å². The Balaban J connectivity index is 0.00000225. The molecule has 136 valence electrons. The van der Waals surface area contributed by atoms with Crippen LogP contribution in [0.1, 0.15) is 18.5 Å². The van der Waals surface area contributed by atoms with E-state index in [0.29, 0.717) is 19.4 Å². The highest BCUT2D eigenvalue weighted by Crippen LogP contribution is 2.24. The lowest BCUT2D eigenvalue weighted by molar-refractivity contribution is -0.146. The van der Waals surface area contributed by atoms with Crippen molar-refractivity contribution in [2.45, 2.75) is 24.9 Å². The van der Waals surface area contributed by atoms with E-state index in [1.54, 1.807) is 18.4 Å². The van der Waals surface area contributed by atoms with Gasteiger partial charge in [-0.1, -0.05) is 30.3 Å². The van der Waals surface area contributed by atoms with Gasteiger partial charge in [-0.05, 0) is 25.9 Å². The summed E-state index contributed by atoms with van der Waals surface area (Å²) in [7, 11) is 1.62. The third-order valence-electron chi connectivity index (χ3n) is 4.45. The van der Waals surface area contributed by atoms with Gasteiger partial charge in [-0.15, -0.1) is 23.7 Å². The highest BCUT2D eigenvalue weighted by Gasteiger charge is 2.39. The topological polar surface area (TPSA) is 63.2 Å². The fourth-order valence-corrected chi connectivity index (χ4v) is 3.82.